The van der Waals surface area contributed by atoms with Crippen LogP contribution in [0.1, 0.15) is 69.2 Å². The Morgan fingerprint density at radius 1 is 0.250 bits per heavy atom. The number of hydrogen-bond acceptors (Lipinski definition) is 10. The van der Waals surface area contributed by atoms with Gasteiger partial charge >= 0.3 is 0 Å². The quantitative estimate of drug-likeness (QED) is 0.151. The summed E-state index contributed by atoms with van der Waals surface area (Å²) in [6, 6.07) is 0. The van der Waals surface area contributed by atoms with Crippen LogP contribution in [0.4, 0.5) is 0 Å². The van der Waals surface area contributed by atoms with Gasteiger partial charge in [-0.3, -0.25) is 0 Å². The van der Waals surface area contributed by atoms with E-state index in [1.165, 1.54) is 0 Å². The van der Waals surface area contributed by atoms with Gasteiger partial charge < -0.3 is 51.1 Å². The second kappa shape index (κ2) is 252. The van der Waals surface area contributed by atoms with Gasteiger partial charge in [0.15, 0.2) is 0 Å². The molecule has 0 aliphatic heterocycles. The van der Waals surface area contributed by atoms with Crippen molar-refractivity contribution in [2.75, 3.05) is 66.1 Å². The van der Waals surface area contributed by atoms with Gasteiger partial charge in [0.25, 0.3) is 0 Å². The van der Waals surface area contributed by atoms with Crippen LogP contribution in [-0.2, 0) is 44.8 Å². The predicted molar refractivity (Wildman–Crippen MR) is 128 cm³/mol. The molecule has 210 valence electrons. The van der Waals surface area contributed by atoms with Gasteiger partial charge in [-0.1, -0.05) is 0 Å². The summed E-state index contributed by atoms with van der Waals surface area (Å²) in [5.74, 6) is 0. The zero-order chi connectivity index (χ0) is 27.1. The number of aliphatic hydroxyl groups is 10. The second-order valence-corrected chi connectivity index (χ2v) is 3.16. The summed E-state index contributed by atoms with van der Waals surface area (Å²) in [6.07, 6.45) is 0. The third-order valence-corrected chi connectivity index (χ3v) is 0. The Hall–Kier alpha value is 1.08. The van der Waals surface area contributed by atoms with Crippen molar-refractivity contribution in [1.82, 2.24) is 0 Å². The van der Waals surface area contributed by atoms with E-state index < -0.39 is 0 Å². The van der Waals surface area contributed by atoms with E-state index >= 15 is 0 Å². The molecule has 0 unspecified atom stereocenters. The van der Waals surface area contributed by atoms with Crippen LogP contribution < -0.4 is 0 Å². The van der Waals surface area contributed by atoms with Crippen molar-refractivity contribution in [3.63, 3.8) is 0 Å². The van der Waals surface area contributed by atoms with Gasteiger partial charge in [-0.2, -0.15) is 0 Å². The molecular weight excluding hydrogens is 674 g/mol. The molecule has 10 nitrogen and oxygen atoms in total. The van der Waals surface area contributed by atoms with E-state index in [1.807, 2.05) is 0 Å². The largest absolute Gasteiger partial charge is 0.397 e. The molecule has 0 atom stereocenters. The summed E-state index contributed by atoms with van der Waals surface area (Å²) in [6.45, 7) is 19.3. The van der Waals surface area contributed by atoms with Crippen LogP contribution in [0.2, 0.25) is 0 Å². The molecule has 0 aromatic heterocycles. The first-order valence-corrected chi connectivity index (χ1v) is 10.2. The summed E-state index contributed by atoms with van der Waals surface area (Å²) in [7, 11) is 0. The minimum absolute atomic E-state index is 0. The summed E-state index contributed by atoms with van der Waals surface area (Å²) < 4.78 is 0. The zero-order valence-corrected chi connectivity index (χ0v) is 27.8. The predicted octanol–water partition coefficient (Wildman–Crippen LogP) is -0.0190. The molecule has 0 heterocycles. The fraction of sp³-hybridized carbons (Fsp3) is 1.00. The van der Waals surface area contributed by atoms with Crippen molar-refractivity contribution in [2.45, 2.75) is 69.2 Å². The standard InChI is InChI=1S/10C2H6O.Nb.Ta/c10*1-2-3;;/h10*3H,2H2,1H3;;. The van der Waals surface area contributed by atoms with Crippen LogP contribution in [0.3, 0.4) is 0 Å². The number of hydrogen-bond donors (Lipinski definition) is 10. The van der Waals surface area contributed by atoms with Gasteiger partial charge in [0, 0.05) is 111 Å². The zero-order valence-electron chi connectivity index (χ0n) is 22.4. The van der Waals surface area contributed by atoms with E-state index in [4.69, 9.17) is 51.1 Å². The van der Waals surface area contributed by atoms with Crippen LogP contribution in [0.25, 0.3) is 0 Å². The van der Waals surface area contributed by atoms with E-state index in [9.17, 15) is 0 Å². The Labute approximate surface area is 230 Å². The normalized spacial score (nSPS) is 5.62. The molecule has 0 bridgehead atoms. The van der Waals surface area contributed by atoms with Crippen LogP contribution in [0, 0.1) is 0 Å². The third-order valence-electron chi connectivity index (χ3n) is 0. The van der Waals surface area contributed by atoms with Crippen LogP contribution in [0.15, 0.2) is 0 Å². The maximum atomic E-state index is 7.57. The Morgan fingerprint density at radius 3 is 0.250 bits per heavy atom. The van der Waals surface area contributed by atoms with Crippen molar-refractivity contribution in [3.8, 4) is 0 Å². The molecule has 0 aliphatic carbocycles. The molecule has 0 saturated carbocycles. The van der Waals surface area contributed by atoms with Gasteiger partial charge in [-0.25, -0.2) is 0 Å². The van der Waals surface area contributed by atoms with Crippen molar-refractivity contribution in [1.29, 1.82) is 0 Å². The summed E-state index contributed by atoms with van der Waals surface area (Å²) in [4.78, 5) is 0. The smallest absolute Gasteiger partial charge is 0.0402 e. The second-order valence-electron chi connectivity index (χ2n) is 3.16. The van der Waals surface area contributed by atoms with E-state index in [0.29, 0.717) is 0 Å². The van der Waals surface area contributed by atoms with Crippen LogP contribution in [-0.4, -0.2) is 117 Å². The molecule has 0 spiro atoms. The van der Waals surface area contributed by atoms with Gasteiger partial charge in [-0.05, 0) is 69.2 Å². The Bertz CT molecular complexity index is 73.6. The number of aliphatic hydroxyl groups excluding tert-OH is 10. The monoisotopic (exact) mass is 734 g/mol. The molecule has 12 heteroatoms. The van der Waals surface area contributed by atoms with Crippen LogP contribution >= 0.6 is 0 Å². The molecule has 0 amide bonds. The fourth-order valence-electron chi connectivity index (χ4n) is 0. The first-order chi connectivity index (χ1) is 14.1. The molecule has 0 fully saturated rings. The third kappa shape index (κ3) is 24100. The topological polar surface area (TPSA) is 202 Å². The van der Waals surface area contributed by atoms with Gasteiger partial charge in [0.05, 0.1) is 0 Å². The fourth-order valence-corrected chi connectivity index (χ4v) is 0. The Balaban J connectivity index is -0.0000000138. The molecule has 0 aromatic carbocycles. The van der Waals surface area contributed by atoms with Gasteiger partial charge in [-0.15, -0.1) is 0 Å². The molecule has 0 aromatic rings. The average Bonchev–Trinajstić information content (AvgIpc) is 2.61. The summed E-state index contributed by atoms with van der Waals surface area (Å²) in [5, 5.41) is 75.7. The average molecular weight is 735 g/mol. The van der Waals surface area contributed by atoms with Gasteiger partial charge in [0.2, 0.25) is 0 Å². The molecule has 10 N–H and O–H groups in total. The van der Waals surface area contributed by atoms with Crippen molar-refractivity contribution < 1.29 is 95.8 Å². The molecular formula is C20H60NbO10Ta. The first kappa shape index (κ1) is 76.6. The molecule has 32 heavy (non-hydrogen) atoms. The van der Waals surface area contributed by atoms with E-state index in [0.717, 1.165) is 0 Å². The van der Waals surface area contributed by atoms with Crippen molar-refractivity contribution in [2.24, 2.45) is 0 Å². The Morgan fingerprint density at radius 2 is 0.250 bits per heavy atom. The SMILES string of the molecule is CCO.CCO.CCO.CCO.CCO.CCO.CCO.CCO.CCO.CCO.[Nb].[Ta]. The van der Waals surface area contributed by atoms with E-state index in [1.54, 1.807) is 69.2 Å². The molecule has 0 aliphatic rings. The summed E-state index contributed by atoms with van der Waals surface area (Å²) in [5.41, 5.74) is 0. The molecule has 0 saturated heterocycles. The maximum Gasteiger partial charge on any atom is 0.0402 e. The van der Waals surface area contributed by atoms with E-state index in [2.05, 4.69) is 0 Å². The first-order valence-electron chi connectivity index (χ1n) is 10.2. The van der Waals surface area contributed by atoms with Crippen LogP contribution in [0.5, 0.6) is 0 Å². The molecule has 0 rings (SSSR count). The van der Waals surface area contributed by atoms with Crippen molar-refractivity contribution >= 4 is 0 Å². The minimum Gasteiger partial charge on any atom is -0.397 e. The van der Waals surface area contributed by atoms with Crippen molar-refractivity contribution in [3.05, 3.63) is 0 Å². The Kier molecular flexibility index (Phi) is 604. The van der Waals surface area contributed by atoms with Gasteiger partial charge in [0.1, 0.15) is 0 Å². The summed E-state index contributed by atoms with van der Waals surface area (Å²) >= 11 is 0. The molecule has 2 radical (unpaired) electrons. The number of rotatable bonds is 0. The maximum absolute atomic E-state index is 7.57. The van der Waals surface area contributed by atoms with E-state index in [-0.39, 0.29) is 111 Å². The minimum atomic E-state index is 0.